The fourth-order valence-corrected chi connectivity index (χ4v) is 3.55. The van der Waals surface area contributed by atoms with Gasteiger partial charge in [-0.2, -0.15) is 5.10 Å². The summed E-state index contributed by atoms with van der Waals surface area (Å²) in [5.74, 6) is 1.15. The molecular formula is C19H23N5O2. The average molecular weight is 353 g/mol. The second-order valence-electron chi connectivity index (χ2n) is 6.97. The van der Waals surface area contributed by atoms with E-state index in [0.29, 0.717) is 24.8 Å². The Morgan fingerprint density at radius 1 is 1.27 bits per heavy atom. The first-order chi connectivity index (χ1) is 12.6. The van der Waals surface area contributed by atoms with Gasteiger partial charge < -0.3 is 10.2 Å². The Labute approximate surface area is 152 Å². The van der Waals surface area contributed by atoms with Gasteiger partial charge in [-0.25, -0.2) is 9.48 Å². The maximum absolute atomic E-state index is 12.9. The number of amides is 3. The van der Waals surface area contributed by atoms with Crippen molar-refractivity contribution in [2.45, 2.75) is 31.8 Å². The quantitative estimate of drug-likeness (QED) is 0.887. The number of nitrogens with one attached hydrogen (secondary N) is 2. The van der Waals surface area contributed by atoms with Gasteiger partial charge in [0.15, 0.2) is 0 Å². The lowest BCUT2D eigenvalue weighted by atomic mass is 10.0. The second-order valence-corrected chi connectivity index (χ2v) is 6.97. The number of carbonyl (C=O) groups is 2. The molecule has 1 aliphatic carbocycles. The van der Waals surface area contributed by atoms with Crippen molar-refractivity contribution in [1.82, 2.24) is 20.0 Å². The van der Waals surface area contributed by atoms with Gasteiger partial charge in [0.05, 0.1) is 12.2 Å². The molecule has 1 saturated heterocycles. The normalized spacial score (nSPS) is 21.2. The van der Waals surface area contributed by atoms with Gasteiger partial charge in [-0.05, 0) is 31.2 Å². The van der Waals surface area contributed by atoms with Crippen molar-refractivity contribution in [3.8, 4) is 0 Å². The topological polar surface area (TPSA) is 79.3 Å². The standard InChI is InChI=1S/C19H23N5O2/c1-13(14-7-8-14)24-16(9-10-21-24)22-19(26)23-12-11-20-18(25)17(23)15-5-3-2-4-6-15/h2-6,9-10,13-14,17H,7-8,11-12H2,1H3,(H,20,25)(H,22,26). The Hall–Kier alpha value is -2.83. The third-order valence-corrected chi connectivity index (χ3v) is 5.18. The van der Waals surface area contributed by atoms with Crippen molar-refractivity contribution in [2.75, 3.05) is 18.4 Å². The van der Waals surface area contributed by atoms with Crippen LogP contribution in [0.25, 0.3) is 0 Å². The fourth-order valence-electron chi connectivity index (χ4n) is 3.55. The molecule has 2 atom stereocenters. The molecule has 1 aromatic heterocycles. The van der Waals surface area contributed by atoms with Crippen LogP contribution in [0.5, 0.6) is 0 Å². The molecule has 7 heteroatoms. The number of rotatable bonds is 4. The lowest BCUT2D eigenvalue weighted by Gasteiger charge is -2.35. The smallest absolute Gasteiger partial charge is 0.324 e. The van der Waals surface area contributed by atoms with Crippen LogP contribution in [-0.4, -0.2) is 39.7 Å². The average Bonchev–Trinajstić information content (AvgIpc) is 3.41. The van der Waals surface area contributed by atoms with Gasteiger partial charge in [-0.1, -0.05) is 30.3 Å². The molecule has 2 aromatic rings. The van der Waals surface area contributed by atoms with Crippen molar-refractivity contribution >= 4 is 17.8 Å². The van der Waals surface area contributed by atoms with Gasteiger partial charge in [-0.3, -0.25) is 10.1 Å². The van der Waals surface area contributed by atoms with E-state index in [4.69, 9.17) is 0 Å². The van der Waals surface area contributed by atoms with Crippen molar-refractivity contribution in [3.05, 3.63) is 48.2 Å². The lowest BCUT2D eigenvalue weighted by molar-refractivity contribution is -0.127. The number of hydrogen-bond donors (Lipinski definition) is 2. The first-order valence-corrected chi connectivity index (χ1v) is 9.09. The number of benzene rings is 1. The number of urea groups is 1. The number of anilines is 1. The molecule has 4 rings (SSSR count). The van der Waals surface area contributed by atoms with Crippen molar-refractivity contribution in [2.24, 2.45) is 5.92 Å². The monoisotopic (exact) mass is 353 g/mol. The van der Waals surface area contributed by atoms with E-state index in [1.54, 1.807) is 17.2 Å². The van der Waals surface area contributed by atoms with Crippen LogP contribution in [0.1, 0.15) is 37.4 Å². The zero-order valence-corrected chi connectivity index (χ0v) is 14.8. The molecule has 0 bridgehead atoms. The third-order valence-electron chi connectivity index (χ3n) is 5.18. The first-order valence-electron chi connectivity index (χ1n) is 9.09. The molecule has 0 spiro atoms. The Kier molecular flexibility index (Phi) is 4.36. The Morgan fingerprint density at radius 3 is 2.77 bits per heavy atom. The highest BCUT2D eigenvalue weighted by Gasteiger charge is 2.35. The highest BCUT2D eigenvalue weighted by atomic mass is 16.2. The molecule has 1 saturated carbocycles. The predicted molar refractivity (Wildman–Crippen MR) is 97.6 cm³/mol. The summed E-state index contributed by atoms with van der Waals surface area (Å²) in [5, 5.41) is 10.2. The van der Waals surface area contributed by atoms with Crippen molar-refractivity contribution < 1.29 is 9.59 Å². The third kappa shape index (κ3) is 3.16. The number of carbonyl (C=O) groups excluding carboxylic acids is 2. The van der Waals surface area contributed by atoms with Gasteiger partial charge in [0, 0.05) is 19.2 Å². The molecule has 2 N–H and O–H groups in total. The molecule has 0 radical (unpaired) electrons. The molecule has 2 unspecified atom stereocenters. The van der Waals surface area contributed by atoms with E-state index in [0.717, 1.165) is 5.56 Å². The molecule has 26 heavy (non-hydrogen) atoms. The van der Waals surface area contributed by atoms with Crippen LogP contribution >= 0.6 is 0 Å². The van der Waals surface area contributed by atoms with Gasteiger partial charge in [-0.15, -0.1) is 0 Å². The van der Waals surface area contributed by atoms with Crippen molar-refractivity contribution in [1.29, 1.82) is 0 Å². The minimum absolute atomic E-state index is 0.155. The van der Waals surface area contributed by atoms with E-state index in [-0.39, 0.29) is 18.0 Å². The molecule has 1 aliphatic heterocycles. The summed E-state index contributed by atoms with van der Waals surface area (Å²) >= 11 is 0. The summed E-state index contributed by atoms with van der Waals surface area (Å²) in [5.41, 5.74) is 0.805. The predicted octanol–water partition coefficient (Wildman–Crippen LogP) is 2.56. The van der Waals surface area contributed by atoms with Crippen LogP contribution in [0, 0.1) is 5.92 Å². The van der Waals surface area contributed by atoms with E-state index in [1.165, 1.54) is 12.8 Å². The van der Waals surface area contributed by atoms with E-state index in [1.807, 2.05) is 35.0 Å². The molecular weight excluding hydrogens is 330 g/mol. The van der Waals surface area contributed by atoms with E-state index in [9.17, 15) is 9.59 Å². The highest BCUT2D eigenvalue weighted by molar-refractivity contribution is 5.94. The number of aromatic nitrogens is 2. The summed E-state index contributed by atoms with van der Waals surface area (Å²) < 4.78 is 1.87. The molecule has 136 valence electrons. The van der Waals surface area contributed by atoms with E-state index in [2.05, 4.69) is 22.7 Å². The summed E-state index contributed by atoms with van der Waals surface area (Å²) in [6.07, 6.45) is 4.11. The van der Waals surface area contributed by atoms with Crippen LogP contribution in [0.2, 0.25) is 0 Å². The molecule has 1 aromatic carbocycles. The Bertz CT molecular complexity index is 799. The number of nitrogens with zero attached hydrogens (tertiary/aromatic N) is 3. The van der Waals surface area contributed by atoms with Gasteiger partial charge in [0.1, 0.15) is 11.9 Å². The Balaban J connectivity index is 1.55. The van der Waals surface area contributed by atoms with Gasteiger partial charge in [0.2, 0.25) is 5.91 Å². The molecule has 2 heterocycles. The van der Waals surface area contributed by atoms with Crippen LogP contribution in [-0.2, 0) is 4.79 Å². The SMILES string of the molecule is CC(C1CC1)n1nccc1NC(=O)N1CCNC(=O)C1c1ccccc1. The second kappa shape index (κ2) is 6.82. The van der Waals surface area contributed by atoms with Crippen molar-refractivity contribution in [3.63, 3.8) is 0 Å². The van der Waals surface area contributed by atoms with Crippen LogP contribution < -0.4 is 10.6 Å². The lowest BCUT2D eigenvalue weighted by Crippen LogP contribution is -2.53. The molecule has 7 nitrogen and oxygen atoms in total. The van der Waals surface area contributed by atoms with Gasteiger partial charge >= 0.3 is 6.03 Å². The summed E-state index contributed by atoms with van der Waals surface area (Å²) in [6.45, 7) is 3.04. The maximum Gasteiger partial charge on any atom is 0.324 e. The Morgan fingerprint density at radius 2 is 2.04 bits per heavy atom. The fraction of sp³-hybridized carbons (Fsp3) is 0.421. The molecule has 2 aliphatic rings. The highest BCUT2D eigenvalue weighted by Crippen LogP contribution is 2.40. The molecule has 2 fully saturated rings. The van der Waals surface area contributed by atoms with Crippen LogP contribution in [0.15, 0.2) is 42.6 Å². The molecule has 3 amide bonds. The minimum atomic E-state index is -0.623. The van der Waals surface area contributed by atoms with Crippen LogP contribution in [0.3, 0.4) is 0 Å². The summed E-state index contributed by atoms with van der Waals surface area (Å²) in [4.78, 5) is 27.0. The maximum atomic E-state index is 12.9. The summed E-state index contributed by atoms with van der Waals surface area (Å²) in [7, 11) is 0. The zero-order chi connectivity index (χ0) is 18.1. The van der Waals surface area contributed by atoms with Crippen LogP contribution in [0.4, 0.5) is 10.6 Å². The van der Waals surface area contributed by atoms with E-state index >= 15 is 0 Å². The summed E-state index contributed by atoms with van der Waals surface area (Å²) in [6, 6.07) is 10.5. The zero-order valence-electron chi connectivity index (χ0n) is 14.8. The number of piperazine rings is 1. The minimum Gasteiger partial charge on any atom is -0.352 e. The first kappa shape index (κ1) is 16.6. The van der Waals surface area contributed by atoms with Gasteiger partial charge in [0.25, 0.3) is 0 Å². The largest absolute Gasteiger partial charge is 0.352 e. The number of hydrogen-bond acceptors (Lipinski definition) is 3. The van der Waals surface area contributed by atoms with E-state index < -0.39 is 6.04 Å².